The average Bonchev–Trinajstić information content (AvgIpc) is 2.80. The molecule has 0 radical (unpaired) electrons. The Balaban J connectivity index is 1.48. The summed E-state index contributed by atoms with van der Waals surface area (Å²) in [4.78, 5) is 26.7. The molecule has 2 heterocycles. The third-order valence-electron chi connectivity index (χ3n) is 6.25. The van der Waals surface area contributed by atoms with Gasteiger partial charge in [-0.05, 0) is 68.8 Å². The number of halogens is 2. The van der Waals surface area contributed by atoms with E-state index >= 15 is 0 Å². The molecular weight excluding hydrogens is 473 g/mol. The van der Waals surface area contributed by atoms with Crippen LogP contribution in [0.2, 0.25) is 10.0 Å². The van der Waals surface area contributed by atoms with Crippen LogP contribution in [0.25, 0.3) is 16.7 Å². The zero-order chi connectivity index (χ0) is 24.0. The maximum Gasteiger partial charge on any atom is 0.333 e. The highest BCUT2D eigenvalue weighted by Crippen LogP contribution is 2.28. The first kappa shape index (κ1) is 22.6. The summed E-state index contributed by atoms with van der Waals surface area (Å²) < 4.78 is 1.12. The van der Waals surface area contributed by atoms with Gasteiger partial charge in [-0.2, -0.15) is 4.98 Å². The summed E-state index contributed by atoms with van der Waals surface area (Å²) in [5.74, 6) is 0.331. The highest BCUT2D eigenvalue weighted by molar-refractivity contribution is 6.37. The second-order valence-electron chi connectivity index (χ2n) is 8.61. The summed E-state index contributed by atoms with van der Waals surface area (Å²) in [6, 6.07) is 11.8. The molecule has 0 fully saturated rings. The van der Waals surface area contributed by atoms with Gasteiger partial charge < -0.3 is 10.2 Å². The number of hydrogen-bond donors (Lipinski definition) is 3. The molecule has 0 bridgehead atoms. The molecule has 0 aliphatic heterocycles. The maximum atomic E-state index is 12.8. The largest absolute Gasteiger partial charge is 0.333 e. The Labute approximate surface area is 205 Å². The van der Waals surface area contributed by atoms with Gasteiger partial charge in [0.25, 0.3) is 0 Å². The van der Waals surface area contributed by atoms with E-state index in [4.69, 9.17) is 28.6 Å². The zero-order valence-corrected chi connectivity index (χ0v) is 20.2. The Morgan fingerprint density at radius 2 is 1.94 bits per heavy atom. The molecular formula is C24H23Cl2N7O. The molecule has 1 aliphatic rings. The van der Waals surface area contributed by atoms with Gasteiger partial charge in [0, 0.05) is 17.9 Å². The second kappa shape index (κ2) is 8.87. The van der Waals surface area contributed by atoms with Gasteiger partial charge in [0.15, 0.2) is 5.65 Å². The molecule has 1 atom stereocenters. The fourth-order valence-corrected chi connectivity index (χ4v) is 4.96. The van der Waals surface area contributed by atoms with Crippen LogP contribution < -0.4 is 16.5 Å². The van der Waals surface area contributed by atoms with Crippen molar-refractivity contribution in [3.63, 3.8) is 0 Å². The molecule has 34 heavy (non-hydrogen) atoms. The molecule has 3 N–H and O–H groups in total. The lowest BCUT2D eigenvalue weighted by molar-refractivity contribution is 0.268. The van der Waals surface area contributed by atoms with Gasteiger partial charge in [0.05, 0.1) is 21.1 Å². The van der Waals surface area contributed by atoms with E-state index in [0.717, 1.165) is 29.5 Å². The quantitative estimate of drug-likeness (QED) is 0.396. The van der Waals surface area contributed by atoms with Crippen LogP contribution in [0.15, 0.2) is 47.4 Å². The number of H-pyrrole nitrogens is 1. The van der Waals surface area contributed by atoms with E-state index in [1.165, 1.54) is 17.3 Å². The lowest BCUT2D eigenvalue weighted by atomic mass is 9.87. The monoisotopic (exact) mass is 495 g/mol. The molecule has 0 unspecified atom stereocenters. The van der Waals surface area contributed by atoms with Crippen molar-refractivity contribution in [3.05, 3.63) is 79.7 Å². The molecule has 10 heteroatoms. The van der Waals surface area contributed by atoms with Gasteiger partial charge in [0.2, 0.25) is 5.95 Å². The highest BCUT2D eigenvalue weighted by atomic mass is 35.5. The van der Waals surface area contributed by atoms with Gasteiger partial charge in [-0.3, -0.25) is 10.4 Å². The Hall–Kier alpha value is -3.20. The Kier molecular flexibility index (Phi) is 5.89. The van der Waals surface area contributed by atoms with E-state index in [9.17, 15) is 4.79 Å². The number of aromatic nitrogens is 4. The van der Waals surface area contributed by atoms with E-state index < -0.39 is 5.69 Å². The first-order chi connectivity index (χ1) is 16.3. The number of aryl methyl sites for hydroxylation is 1. The topological polar surface area (TPSA) is 103 Å². The SMILES string of the molecule is CN(C)[C@@H]1CCc2cc(Nc3ncc4c(=N)n(-c5c(Cl)cccc5Cl)c(=O)[nH]c4n3)ccc2C1. The molecule has 8 nitrogen and oxygen atoms in total. The Morgan fingerprint density at radius 3 is 2.68 bits per heavy atom. The molecule has 0 saturated heterocycles. The van der Waals surface area contributed by atoms with Crippen LogP contribution in [0.4, 0.5) is 11.6 Å². The zero-order valence-electron chi connectivity index (χ0n) is 18.7. The first-order valence-corrected chi connectivity index (χ1v) is 11.6. The van der Waals surface area contributed by atoms with Crippen LogP contribution in [0.5, 0.6) is 0 Å². The van der Waals surface area contributed by atoms with Crippen LogP contribution in [0.3, 0.4) is 0 Å². The molecule has 4 aromatic rings. The minimum absolute atomic E-state index is 0.107. The number of nitrogens with zero attached hydrogens (tertiary/aromatic N) is 4. The number of hydrogen-bond acceptors (Lipinski definition) is 6. The van der Waals surface area contributed by atoms with Crippen molar-refractivity contribution in [1.29, 1.82) is 5.41 Å². The van der Waals surface area contributed by atoms with Gasteiger partial charge in [0.1, 0.15) is 5.49 Å². The molecule has 2 aromatic carbocycles. The van der Waals surface area contributed by atoms with Crippen LogP contribution >= 0.6 is 23.2 Å². The third-order valence-corrected chi connectivity index (χ3v) is 6.86. The van der Waals surface area contributed by atoms with Crippen LogP contribution in [-0.2, 0) is 12.8 Å². The maximum absolute atomic E-state index is 12.8. The van der Waals surface area contributed by atoms with Crippen molar-refractivity contribution in [2.45, 2.75) is 25.3 Å². The molecule has 0 amide bonds. The smallest absolute Gasteiger partial charge is 0.324 e. The highest BCUT2D eigenvalue weighted by Gasteiger charge is 2.20. The molecule has 1 aliphatic carbocycles. The Bertz CT molecular complexity index is 1510. The predicted molar refractivity (Wildman–Crippen MR) is 135 cm³/mol. The lowest BCUT2D eigenvalue weighted by Gasteiger charge is -2.30. The minimum atomic E-state index is -0.568. The Morgan fingerprint density at radius 1 is 1.18 bits per heavy atom. The van der Waals surface area contributed by atoms with E-state index in [2.05, 4.69) is 51.4 Å². The predicted octanol–water partition coefficient (Wildman–Crippen LogP) is 4.06. The van der Waals surface area contributed by atoms with E-state index in [-0.39, 0.29) is 26.9 Å². The van der Waals surface area contributed by atoms with Gasteiger partial charge in [-0.1, -0.05) is 35.3 Å². The van der Waals surface area contributed by atoms with Crippen molar-refractivity contribution in [1.82, 2.24) is 24.4 Å². The fourth-order valence-electron chi connectivity index (χ4n) is 4.39. The fraction of sp³-hybridized carbons (Fsp3) is 0.250. The van der Waals surface area contributed by atoms with Crippen LogP contribution in [-0.4, -0.2) is 44.6 Å². The summed E-state index contributed by atoms with van der Waals surface area (Å²) in [6.07, 6.45) is 4.69. The molecule has 2 aromatic heterocycles. The number of para-hydroxylation sites is 1. The minimum Gasteiger partial charge on any atom is -0.324 e. The van der Waals surface area contributed by atoms with E-state index in [1.807, 2.05) is 6.07 Å². The van der Waals surface area contributed by atoms with Crippen molar-refractivity contribution in [3.8, 4) is 5.69 Å². The van der Waals surface area contributed by atoms with Crippen LogP contribution in [0, 0.1) is 5.41 Å². The van der Waals surface area contributed by atoms with Crippen molar-refractivity contribution in [2.24, 2.45) is 0 Å². The lowest BCUT2D eigenvalue weighted by Crippen LogP contribution is -2.34. The molecule has 0 spiro atoms. The number of benzene rings is 2. The van der Waals surface area contributed by atoms with Gasteiger partial charge in [-0.25, -0.2) is 14.3 Å². The normalized spacial score (nSPS) is 15.5. The van der Waals surface area contributed by atoms with Gasteiger partial charge in [-0.15, -0.1) is 0 Å². The number of fused-ring (bicyclic) bond motifs is 2. The van der Waals surface area contributed by atoms with Crippen molar-refractivity contribution >= 4 is 45.9 Å². The van der Waals surface area contributed by atoms with Gasteiger partial charge >= 0.3 is 5.69 Å². The van der Waals surface area contributed by atoms with E-state index in [0.29, 0.717) is 17.4 Å². The molecule has 174 valence electrons. The molecule has 0 saturated carbocycles. The summed E-state index contributed by atoms with van der Waals surface area (Å²) >= 11 is 12.5. The van der Waals surface area contributed by atoms with Crippen molar-refractivity contribution in [2.75, 3.05) is 19.4 Å². The third kappa shape index (κ3) is 4.09. The van der Waals surface area contributed by atoms with Crippen LogP contribution in [0.1, 0.15) is 17.5 Å². The number of anilines is 2. The first-order valence-electron chi connectivity index (χ1n) is 10.9. The van der Waals surface area contributed by atoms with Crippen molar-refractivity contribution < 1.29 is 0 Å². The number of rotatable bonds is 4. The van der Waals surface area contributed by atoms with E-state index in [1.54, 1.807) is 18.2 Å². The average molecular weight is 496 g/mol. The summed E-state index contributed by atoms with van der Waals surface area (Å²) in [6.45, 7) is 0. The summed E-state index contributed by atoms with van der Waals surface area (Å²) in [7, 11) is 4.25. The summed E-state index contributed by atoms with van der Waals surface area (Å²) in [5, 5.41) is 12.7. The number of likely N-dealkylation sites (N-methyl/N-ethyl adjacent to an activating group) is 1. The summed E-state index contributed by atoms with van der Waals surface area (Å²) in [5.41, 5.74) is 3.38. The number of nitrogens with one attached hydrogen (secondary N) is 3. The standard InChI is InChI=1S/C24H23Cl2N7O/c1-32(2)16-9-7-13-10-15(8-6-14(13)11-16)29-23-28-12-17-21(27)33(24(34)31-22(17)30-23)20-18(25)4-3-5-19(20)26/h3-6,8,10,12,16,27H,7,9,11H2,1-2H3,(H2,28,29,30,31,34)/t16-/m1/s1. The molecule has 5 rings (SSSR count). The number of aromatic amines is 1. The second-order valence-corrected chi connectivity index (χ2v) is 9.42.